The van der Waals surface area contributed by atoms with E-state index in [1.165, 1.54) is 12.1 Å². The van der Waals surface area contributed by atoms with Gasteiger partial charge in [-0.25, -0.2) is 4.79 Å². The first-order valence-corrected chi connectivity index (χ1v) is 10.5. The average Bonchev–Trinajstić information content (AvgIpc) is 3.05. The number of aliphatic hydroxyl groups is 2. The lowest BCUT2D eigenvalue weighted by atomic mass is 10.1. The van der Waals surface area contributed by atoms with Crippen LogP contribution in [0, 0.1) is 6.92 Å². The molecule has 3 N–H and O–H groups in total. The SMILES string of the molecule is Cc1ccc(C(=O)O)cc1.O=C1c2ccccc2C(=O)C1(O)O.O=Cc1cccc2ccccc12. The summed E-state index contributed by atoms with van der Waals surface area (Å²) in [5, 5.41) is 28.8. The summed E-state index contributed by atoms with van der Waals surface area (Å²) in [6.07, 6.45) is 0.891. The highest BCUT2D eigenvalue weighted by atomic mass is 16.5. The Morgan fingerprint density at radius 1 is 0.743 bits per heavy atom. The van der Waals surface area contributed by atoms with Crippen LogP contribution in [0.1, 0.15) is 47.0 Å². The van der Waals surface area contributed by atoms with Gasteiger partial charge in [0.2, 0.25) is 11.6 Å². The largest absolute Gasteiger partial charge is 0.478 e. The number of ketones is 2. The molecule has 0 unspecified atom stereocenters. The van der Waals surface area contributed by atoms with Gasteiger partial charge in [0.05, 0.1) is 5.56 Å². The monoisotopic (exact) mass is 470 g/mol. The number of carbonyl (C=O) groups excluding carboxylic acids is 3. The van der Waals surface area contributed by atoms with Crippen LogP contribution < -0.4 is 0 Å². The van der Waals surface area contributed by atoms with E-state index in [1.54, 1.807) is 36.4 Å². The summed E-state index contributed by atoms with van der Waals surface area (Å²) in [4.78, 5) is 43.3. The van der Waals surface area contributed by atoms with Gasteiger partial charge in [0, 0.05) is 16.7 Å². The van der Waals surface area contributed by atoms with Crippen LogP contribution in [0.3, 0.4) is 0 Å². The Balaban J connectivity index is 0.000000148. The number of hydrogen-bond donors (Lipinski definition) is 3. The lowest BCUT2D eigenvalue weighted by molar-refractivity contribution is -0.0857. The quantitative estimate of drug-likeness (QED) is 0.229. The molecule has 0 aliphatic heterocycles. The topological polar surface area (TPSA) is 129 Å². The van der Waals surface area contributed by atoms with E-state index in [4.69, 9.17) is 15.3 Å². The van der Waals surface area contributed by atoms with Crippen LogP contribution >= 0.6 is 0 Å². The van der Waals surface area contributed by atoms with Gasteiger partial charge < -0.3 is 15.3 Å². The molecule has 0 heterocycles. The second kappa shape index (κ2) is 10.6. The van der Waals surface area contributed by atoms with Crippen molar-refractivity contribution >= 4 is 34.6 Å². The van der Waals surface area contributed by atoms with Gasteiger partial charge >= 0.3 is 5.97 Å². The number of aryl methyl sites for hydroxylation is 1. The molecule has 0 bridgehead atoms. The number of rotatable bonds is 2. The van der Waals surface area contributed by atoms with E-state index >= 15 is 0 Å². The van der Waals surface area contributed by atoms with E-state index in [-0.39, 0.29) is 11.1 Å². The Labute approximate surface area is 200 Å². The molecular formula is C28H22O7. The van der Waals surface area contributed by atoms with Crippen LogP contribution in [-0.2, 0) is 0 Å². The predicted molar refractivity (Wildman–Crippen MR) is 130 cm³/mol. The number of benzene rings is 4. The molecule has 0 saturated heterocycles. The Hall–Kier alpha value is -4.46. The summed E-state index contributed by atoms with van der Waals surface area (Å²) in [7, 11) is 0. The number of fused-ring (bicyclic) bond motifs is 2. The Bertz CT molecular complexity index is 1360. The first-order chi connectivity index (χ1) is 16.7. The Morgan fingerprint density at radius 2 is 1.26 bits per heavy atom. The molecule has 4 aromatic rings. The zero-order chi connectivity index (χ0) is 25.6. The first kappa shape index (κ1) is 25.2. The van der Waals surface area contributed by atoms with E-state index in [0.29, 0.717) is 5.56 Å². The van der Waals surface area contributed by atoms with Crippen LogP contribution in [0.2, 0.25) is 0 Å². The molecular weight excluding hydrogens is 448 g/mol. The Morgan fingerprint density at radius 3 is 1.80 bits per heavy atom. The van der Waals surface area contributed by atoms with Crippen molar-refractivity contribution < 1.29 is 34.5 Å². The van der Waals surface area contributed by atoms with Crippen molar-refractivity contribution in [2.24, 2.45) is 0 Å². The molecule has 0 atom stereocenters. The average molecular weight is 470 g/mol. The zero-order valence-electron chi connectivity index (χ0n) is 18.7. The normalized spacial score (nSPS) is 13.1. The summed E-state index contributed by atoms with van der Waals surface area (Å²) in [6.45, 7) is 1.92. The van der Waals surface area contributed by atoms with E-state index in [0.717, 1.165) is 28.2 Å². The number of aromatic carboxylic acids is 1. The van der Waals surface area contributed by atoms with Gasteiger partial charge in [0.25, 0.3) is 5.79 Å². The summed E-state index contributed by atoms with van der Waals surface area (Å²) in [5.41, 5.74) is 2.30. The van der Waals surface area contributed by atoms with Gasteiger partial charge in [-0.2, -0.15) is 0 Å². The van der Waals surface area contributed by atoms with Gasteiger partial charge in [0.15, 0.2) is 6.29 Å². The van der Waals surface area contributed by atoms with E-state index in [9.17, 15) is 19.2 Å². The molecule has 35 heavy (non-hydrogen) atoms. The van der Waals surface area contributed by atoms with Gasteiger partial charge in [-0.05, 0) is 29.8 Å². The summed E-state index contributed by atoms with van der Waals surface area (Å²) in [5.74, 6) is -5.63. The van der Waals surface area contributed by atoms with E-state index in [1.807, 2.05) is 49.4 Å². The molecule has 1 aliphatic rings. The van der Waals surface area contributed by atoms with Crippen LogP contribution in [0.5, 0.6) is 0 Å². The second-order valence-electron chi connectivity index (χ2n) is 7.73. The highest BCUT2D eigenvalue weighted by molar-refractivity contribution is 6.30. The highest BCUT2D eigenvalue weighted by Crippen LogP contribution is 2.27. The molecule has 7 nitrogen and oxygen atoms in total. The first-order valence-electron chi connectivity index (χ1n) is 10.5. The maximum Gasteiger partial charge on any atom is 0.335 e. The number of carbonyl (C=O) groups is 4. The third-order valence-corrected chi connectivity index (χ3v) is 5.30. The molecule has 0 spiro atoms. The Kier molecular flexibility index (Phi) is 7.66. The van der Waals surface area contributed by atoms with Crippen LogP contribution in [-0.4, -0.2) is 44.9 Å². The van der Waals surface area contributed by atoms with Crippen molar-refractivity contribution in [2.75, 3.05) is 0 Å². The maximum absolute atomic E-state index is 11.2. The predicted octanol–water partition coefficient (Wildman–Crippen LogP) is 4.09. The van der Waals surface area contributed by atoms with Crippen molar-refractivity contribution in [3.05, 3.63) is 119 Å². The van der Waals surface area contributed by atoms with Gasteiger partial charge in [-0.15, -0.1) is 0 Å². The third-order valence-electron chi connectivity index (χ3n) is 5.30. The molecule has 0 aromatic heterocycles. The minimum absolute atomic E-state index is 0.0671. The minimum Gasteiger partial charge on any atom is -0.478 e. The van der Waals surface area contributed by atoms with Gasteiger partial charge in [-0.1, -0.05) is 84.4 Å². The molecule has 1 aliphatic carbocycles. The summed E-state index contributed by atoms with van der Waals surface area (Å²) >= 11 is 0. The van der Waals surface area contributed by atoms with Crippen molar-refractivity contribution in [1.29, 1.82) is 0 Å². The number of carboxylic acids is 1. The lowest BCUT2D eigenvalue weighted by Crippen LogP contribution is -2.40. The van der Waals surface area contributed by atoms with Crippen LogP contribution in [0.4, 0.5) is 0 Å². The van der Waals surface area contributed by atoms with Crippen LogP contribution in [0.25, 0.3) is 10.8 Å². The lowest BCUT2D eigenvalue weighted by Gasteiger charge is -2.08. The summed E-state index contributed by atoms with van der Waals surface area (Å²) < 4.78 is 0. The maximum atomic E-state index is 11.2. The molecule has 7 heteroatoms. The summed E-state index contributed by atoms with van der Waals surface area (Å²) in [6, 6.07) is 26.3. The molecule has 0 fully saturated rings. The van der Waals surface area contributed by atoms with Gasteiger partial charge in [0.1, 0.15) is 0 Å². The standard InChI is InChI=1S/C11H8O.C9H6O4.C8H8O2/c12-8-10-6-3-5-9-4-1-2-7-11(9)10;10-7-5-3-1-2-4-6(5)8(11)9(7,12)13;1-6-2-4-7(5-3-6)8(9)10/h1-8H;1-4,12-13H;2-5H,1H3,(H,9,10). The second-order valence-corrected chi connectivity index (χ2v) is 7.73. The molecule has 0 amide bonds. The molecule has 4 aromatic carbocycles. The van der Waals surface area contributed by atoms with Crippen molar-refractivity contribution in [3.8, 4) is 0 Å². The number of hydrogen-bond acceptors (Lipinski definition) is 6. The van der Waals surface area contributed by atoms with Crippen LogP contribution in [0.15, 0.2) is 91.0 Å². The smallest absolute Gasteiger partial charge is 0.335 e. The number of aldehydes is 1. The minimum atomic E-state index is -2.86. The highest BCUT2D eigenvalue weighted by Gasteiger charge is 2.50. The van der Waals surface area contributed by atoms with E-state index in [2.05, 4.69) is 0 Å². The number of carboxylic acid groups (broad SMARTS) is 1. The van der Waals surface area contributed by atoms with Crippen molar-refractivity contribution in [1.82, 2.24) is 0 Å². The fourth-order valence-corrected chi connectivity index (χ4v) is 3.41. The molecule has 0 saturated carbocycles. The van der Waals surface area contributed by atoms with Crippen molar-refractivity contribution in [2.45, 2.75) is 12.7 Å². The molecule has 0 radical (unpaired) electrons. The zero-order valence-corrected chi connectivity index (χ0v) is 18.7. The fourth-order valence-electron chi connectivity index (χ4n) is 3.41. The van der Waals surface area contributed by atoms with E-state index < -0.39 is 23.3 Å². The third kappa shape index (κ3) is 5.55. The molecule has 5 rings (SSSR count). The van der Waals surface area contributed by atoms with Crippen molar-refractivity contribution in [3.63, 3.8) is 0 Å². The number of Topliss-reactive ketones (excluding diaryl/α,β-unsaturated/α-hetero) is 2. The fraction of sp³-hybridized carbons (Fsp3) is 0.0714. The molecule has 176 valence electrons. The van der Waals surface area contributed by atoms with Gasteiger partial charge in [-0.3, -0.25) is 14.4 Å².